The fourth-order valence-corrected chi connectivity index (χ4v) is 0.928. The van der Waals surface area contributed by atoms with Gasteiger partial charge in [0.2, 0.25) is 0 Å². The molecule has 1 aliphatic rings. The van der Waals surface area contributed by atoms with E-state index >= 15 is 0 Å². The first-order valence-electron chi connectivity index (χ1n) is 3.42. The molecule has 0 fully saturated rings. The molecular formula is C9H9NO. The highest BCUT2D eigenvalue weighted by Crippen LogP contribution is 2.15. The van der Waals surface area contributed by atoms with Crippen molar-refractivity contribution in [3.8, 4) is 0 Å². The van der Waals surface area contributed by atoms with Gasteiger partial charge in [-0.25, -0.2) is 4.79 Å². The Morgan fingerprint density at radius 1 is 1.91 bits per heavy atom. The summed E-state index contributed by atoms with van der Waals surface area (Å²) in [4.78, 5) is 10.3. The third kappa shape index (κ3) is 1.90. The van der Waals surface area contributed by atoms with Crippen LogP contribution in [0.4, 0.5) is 0 Å². The summed E-state index contributed by atoms with van der Waals surface area (Å²) in [6, 6.07) is 0. The van der Waals surface area contributed by atoms with E-state index in [4.69, 9.17) is 0 Å². The van der Waals surface area contributed by atoms with E-state index in [1.165, 1.54) is 0 Å². The van der Waals surface area contributed by atoms with E-state index in [2.05, 4.69) is 18.4 Å². The van der Waals surface area contributed by atoms with Crippen molar-refractivity contribution in [2.75, 3.05) is 6.54 Å². The van der Waals surface area contributed by atoms with Gasteiger partial charge in [0.1, 0.15) is 12.5 Å². The zero-order valence-corrected chi connectivity index (χ0v) is 6.18. The van der Waals surface area contributed by atoms with Crippen LogP contribution in [0.3, 0.4) is 0 Å². The molecule has 0 aromatic heterocycles. The average Bonchev–Trinajstić information content (AvgIpc) is 2.06. The molecule has 0 unspecified atom stereocenters. The van der Waals surface area contributed by atoms with Crippen molar-refractivity contribution in [2.45, 2.75) is 6.42 Å². The summed E-state index contributed by atoms with van der Waals surface area (Å²) in [5, 5.41) is 2.81. The van der Waals surface area contributed by atoms with E-state index < -0.39 is 0 Å². The Bertz CT molecular complexity index is 234. The third-order valence-corrected chi connectivity index (χ3v) is 1.45. The van der Waals surface area contributed by atoms with Crippen LogP contribution < -0.4 is 5.32 Å². The van der Waals surface area contributed by atoms with Crippen LogP contribution in [-0.4, -0.2) is 12.5 Å². The molecular weight excluding hydrogens is 138 g/mol. The van der Waals surface area contributed by atoms with E-state index in [-0.39, 0.29) is 0 Å². The lowest BCUT2D eigenvalue weighted by atomic mass is 10.0. The Kier molecular flexibility index (Phi) is 2.84. The lowest BCUT2D eigenvalue weighted by Crippen LogP contribution is -2.18. The molecule has 0 spiro atoms. The highest BCUT2D eigenvalue weighted by Gasteiger charge is 2.09. The second-order valence-corrected chi connectivity index (χ2v) is 2.21. The second kappa shape index (κ2) is 3.91. The molecule has 0 aromatic rings. The molecule has 0 amide bonds. The van der Waals surface area contributed by atoms with Crippen LogP contribution in [0.15, 0.2) is 29.9 Å². The van der Waals surface area contributed by atoms with Crippen molar-refractivity contribution in [3.63, 3.8) is 0 Å². The zero-order valence-electron chi connectivity index (χ0n) is 6.18. The maximum Gasteiger partial charge on any atom is 0.130 e. The van der Waals surface area contributed by atoms with Crippen molar-refractivity contribution < 1.29 is 4.79 Å². The third-order valence-electron chi connectivity index (χ3n) is 1.45. The minimum atomic E-state index is 0.483. The molecule has 2 radical (unpaired) electrons. The summed E-state index contributed by atoms with van der Waals surface area (Å²) in [7, 11) is 0. The van der Waals surface area contributed by atoms with Crippen molar-refractivity contribution in [1.82, 2.24) is 5.32 Å². The number of hydrogen-bond acceptors (Lipinski definition) is 2. The van der Waals surface area contributed by atoms with Crippen molar-refractivity contribution in [2.24, 2.45) is 0 Å². The molecule has 1 N–H and O–H groups in total. The average molecular weight is 147 g/mol. The summed E-state index contributed by atoms with van der Waals surface area (Å²) in [5.74, 6) is 1.82. The molecule has 0 aromatic carbocycles. The van der Waals surface area contributed by atoms with E-state index in [0.717, 1.165) is 12.1 Å². The van der Waals surface area contributed by atoms with Crippen LogP contribution in [-0.2, 0) is 4.79 Å². The lowest BCUT2D eigenvalue weighted by molar-refractivity contribution is 0.567. The Hall–Kier alpha value is -1.11. The maximum atomic E-state index is 10.3. The molecule has 0 bridgehead atoms. The molecule has 0 saturated heterocycles. The molecule has 1 heterocycles. The van der Waals surface area contributed by atoms with Crippen LogP contribution in [0.25, 0.3) is 0 Å². The molecule has 2 nitrogen and oxygen atoms in total. The second-order valence-electron chi connectivity index (χ2n) is 2.21. The van der Waals surface area contributed by atoms with E-state index in [1.54, 1.807) is 6.08 Å². The van der Waals surface area contributed by atoms with Gasteiger partial charge >= 0.3 is 0 Å². The molecule has 2 heteroatoms. The largest absolute Gasteiger partial charge is 0.299 e. The minimum Gasteiger partial charge on any atom is -0.299 e. The van der Waals surface area contributed by atoms with E-state index in [1.807, 2.05) is 12.0 Å². The summed E-state index contributed by atoms with van der Waals surface area (Å²) in [6.45, 7) is 7.05. The van der Waals surface area contributed by atoms with Gasteiger partial charge in [-0.15, -0.1) is 6.58 Å². The smallest absolute Gasteiger partial charge is 0.130 e. The predicted octanol–water partition coefficient (Wildman–Crippen LogP) is 0.889. The van der Waals surface area contributed by atoms with Crippen LogP contribution >= 0.6 is 0 Å². The Labute approximate surface area is 66.3 Å². The molecule has 0 saturated carbocycles. The molecule has 0 aliphatic carbocycles. The Morgan fingerprint density at radius 2 is 2.73 bits per heavy atom. The normalized spacial score (nSPS) is 17.1. The fraction of sp³-hybridized carbons (Fsp3) is 0.222. The van der Waals surface area contributed by atoms with E-state index in [9.17, 15) is 4.79 Å². The van der Waals surface area contributed by atoms with Gasteiger partial charge in [-0.3, -0.25) is 5.32 Å². The topological polar surface area (TPSA) is 29.1 Å². The van der Waals surface area contributed by atoms with E-state index in [0.29, 0.717) is 12.0 Å². The van der Waals surface area contributed by atoms with Gasteiger partial charge in [0.25, 0.3) is 0 Å². The minimum absolute atomic E-state index is 0.483. The zero-order chi connectivity index (χ0) is 8.10. The molecule has 56 valence electrons. The highest BCUT2D eigenvalue weighted by molar-refractivity contribution is 5.65. The van der Waals surface area contributed by atoms with Gasteiger partial charge in [0, 0.05) is 6.54 Å². The number of rotatable bonds is 2. The van der Waals surface area contributed by atoms with Crippen LogP contribution in [0.1, 0.15) is 6.42 Å². The van der Waals surface area contributed by atoms with Gasteiger partial charge in [0.05, 0.1) is 5.57 Å². The SMILES string of the molecule is C=CCC1=CCN[C]C1=C=O. The number of nitrogens with one attached hydrogen (secondary N) is 1. The first kappa shape index (κ1) is 7.99. The first-order chi connectivity index (χ1) is 5.38. The Morgan fingerprint density at radius 3 is 3.36 bits per heavy atom. The number of carbonyl (C=O) groups excluding carboxylic acids is 1. The highest BCUT2D eigenvalue weighted by atomic mass is 16.1. The maximum absolute atomic E-state index is 10.3. The summed E-state index contributed by atoms with van der Waals surface area (Å²) in [5.41, 5.74) is 1.44. The predicted molar refractivity (Wildman–Crippen MR) is 43.3 cm³/mol. The first-order valence-corrected chi connectivity index (χ1v) is 3.42. The van der Waals surface area contributed by atoms with Gasteiger partial charge in [-0.1, -0.05) is 12.2 Å². The van der Waals surface area contributed by atoms with Crippen molar-refractivity contribution >= 4 is 5.94 Å². The molecule has 1 rings (SSSR count). The monoisotopic (exact) mass is 147 g/mol. The summed E-state index contributed by atoms with van der Waals surface area (Å²) < 4.78 is 0. The summed E-state index contributed by atoms with van der Waals surface area (Å²) in [6.07, 6.45) is 4.41. The summed E-state index contributed by atoms with van der Waals surface area (Å²) >= 11 is 0. The van der Waals surface area contributed by atoms with Gasteiger partial charge in [0.15, 0.2) is 0 Å². The van der Waals surface area contributed by atoms with Crippen LogP contribution in [0.2, 0.25) is 0 Å². The van der Waals surface area contributed by atoms with Gasteiger partial charge in [-0.05, 0) is 12.0 Å². The van der Waals surface area contributed by atoms with Crippen LogP contribution in [0.5, 0.6) is 0 Å². The number of hydrogen-bond donors (Lipinski definition) is 1. The number of allylic oxidation sites excluding steroid dienone is 1. The lowest BCUT2D eigenvalue weighted by Gasteiger charge is -2.11. The molecule has 1 aliphatic heterocycles. The van der Waals surface area contributed by atoms with Crippen LogP contribution in [0, 0.1) is 6.54 Å². The van der Waals surface area contributed by atoms with Gasteiger partial charge in [-0.2, -0.15) is 0 Å². The standard InChI is InChI=1S/C9H9NO/c1-2-3-8-4-5-10-6-9(8)7-11/h2,4,10H,1,3,5H2. The van der Waals surface area contributed by atoms with Crippen molar-refractivity contribution in [1.29, 1.82) is 0 Å². The van der Waals surface area contributed by atoms with Crippen molar-refractivity contribution in [3.05, 3.63) is 36.4 Å². The van der Waals surface area contributed by atoms with Gasteiger partial charge < -0.3 is 0 Å². The molecule has 0 atom stereocenters. The fourth-order valence-electron chi connectivity index (χ4n) is 0.928. The quantitative estimate of drug-likeness (QED) is 0.464. The Balaban J connectivity index is 2.79. The molecule has 11 heavy (non-hydrogen) atoms.